The second kappa shape index (κ2) is 6.22. The summed E-state index contributed by atoms with van der Waals surface area (Å²) >= 11 is 4.99. The van der Waals surface area contributed by atoms with Crippen molar-refractivity contribution in [2.75, 3.05) is 13.2 Å². The van der Waals surface area contributed by atoms with Crippen LogP contribution in [0.3, 0.4) is 0 Å². The van der Waals surface area contributed by atoms with Crippen LogP contribution in [0.1, 0.15) is 4.88 Å². The Balaban J connectivity index is 2.24. The van der Waals surface area contributed by atoms with Crippen LogP contribution in [-0.2, 0) is 11.2 Å². The zero-order valence-corrected chi connectivity index (χ0v) is 10.5. The molecule has 1 rings (SSSR count). The Morgan fingerprint density at radius 1 is 1.73 bits per heavy atom. The van der Waals surface area contributed by atoms with Gasteiger partial charge in [-0.2, -0.15) is 0 Å². The van der Waals surface area contributed by atoms with Crippen LogP contribution >= 0.6 is 27.3 Å². The van der Waals surface area contributed by atoms with Gasteiger partial charge in [0.05, 0.1) is 6.61 Å². The quantitative estimate of drug-likeness (QED) is 0.739. The predicted molar refractivity (Wildman–Crippen MR) is 63.8 cm³/mol. The molecule has 0 aliphatic carbocycles. The number of nitrogens with one attached hydrogen (secondary N) is 1. The van der Waals surface area contributed by atoms with E-state index in [1.807, 2.05) is 11.4 Å². The molecule has 0 fully saturated rings. The lowest BCUT2D eigenvalue weighted by molar-refractivity contribution is -0.123. The molecule has 0 radical (unpaired) electrons. The first kappa shape index (κ1) is 12.6. The van der Waals surface area contributed by atoms with Crippen molar-refractivity contribution in [3.05, 3.63) is 20.8 Å². The molecule has 0 aromatic carbocycles. The first-order chi connectivity index (χ1) is 7.13. The summed E-state index contributed by atoms with van der Waals surface area (Å²) in [5, 5.41) is 13.3. The fraction of sp³-hybridized carbons (Fsp3) is 0.444. The average Bonchev–Trinajstić information content (AvgIpc) is 2.63. The van der Waals surface area contributed by atoms with Crippen LogP contribution in [0.15, 0.2) is 15.9 Å². The number of rotatable bonds is 5. The molecule has 0 bridgehead atoms. The minimum atomic E-state index is -0.819. The summed E-state index contributed by atoms with van der Waals surface area (Å²) in [6, 6.07) is 1.20. The first-order valence-electron chi connectivity index (χ1n) is 4.50. The normalized spacial score (nSPS) is 12.5. The molecule has 1 aromatic heterocycles. The lowest BCUT2D eigenvalue weighted by atomic mass is 10.3. The summed E-state index contributed by atoms with van der Waals surface area (Å²) in [6.45, 7) is 0.218. The lowest BCUT2D eigenvalue weighted by Crippen LogP contribution is -2.43. The average molecular weight is 293 g/mol. The van der Waals surface area contributed by atoms with Gasteiger partial charge in [0, 0.05) is 21.3 Å². The van der Waals surface area contributed by atoms with Crippen LogP contribution < -0.4 is 11.1 Å². The van der Waals surface area contributed by atoms with Crippen molar-refractivity contribution in [1.82, 2.24) is 5.32 Å². The van der Waals surface area contributed by atoms with Crippen LogP contribution in [0.25, 0.3) is 0 Å². The van der Waals surface area contributed by atoms with E-state index in [4.69, 9.17) is 10.8 Å². The van der Waals surface area contributed by atoms with Gasteiger partial charge in [-0.1, -0.05) is 0 Å². The number of aliphatic hydroxyl groups excluding tert-OH is 1. The molecular formula is C9H13BrN2O2S. The highest BCUT2D eigenvalue weighted by Crippen LogP contribution is 2.19. The predicted octanol–water partition coefficient (Wildman–Crippen LogP) is 0.489. The molecule has 0 saturated carbocycles. The molecule has 0 saturated heterocycles. The number of nitrogens with two attached hydrogens (primary N) is 1. The zero-order valence-electron chi connectivity index (χ0n) is 8.07. The van der Waals surface area contributed by atoms with Crippen molar-refractivity contribution in [3.8, 4) is 0 Å². The number of carbonyl (C=O) groups excluding carboxylic acids is 1. The van der Waals surface area contributed by atoms with Gasteiger partial charge < -0.3 is 16.2 Å². The van der Waals surface area contributed by atoms with E-state index in [1.165, 1.54) is 4.88 Å². The third-order valence-corrected chi connectivity index (χ3v) is 3.58. The van der Waals surface area contributed by atoms with E-state index < -0.39 is 6.04 Å². The Hall–Kier alpha value is -0.430. The van der Waals surface area contributed by atoms with Gasteiger partial charge >= 0.3 is 0 Å². The van der Waals surface area contributed by atoms with Crippen molar-refractivity contribution in [3.63, 3.8) is 0 Å². The van der Waals surface area contributed by atoms with Crippen LogP contribution in [-0.4, -0.2) is 30.2 Å². The van der Waals surface area contributed by atoms with Gasteiger partial charge in [-0.3, -0.25) is 4.79 Å². The molecule has 0 spiro atoms. The second-order valence-corrected chi connectivity index (χ2v) is 4.97. The summed E-state index contributed by atoms with van der Waals surface area (Å²) in [4.78, 5) is 12.4. The van der Waals surface area contributed by atoms with Crippen LogP contribution in [0.2, 0.25) is 0 Å². The third kappa shape index (κ3) is 4.29. The highest BCUT2D eigenvalue weighted by molar-refractivity contribution is 9.10. The first-order valence-corrected chi connectivity index (χ1v) is 6.18. The SMILES string of the molecule is NC(CO)C(=O)NCCc1cc(Br)cs1. The highest BCUT2D eigenvalue weighted by atomic mass is 79.9. The van der Waals surface area contributed by atoms with Gasteiger partial charge in [0.15, 0.2) is 0 Å². The van der Waals surface area contributed by atoms with Crippen molar-refractivity contribution in [2.24, 2.45) is 5.73 Å². The van der Waals surface area contributed by atoms with Crippen molar-refractivity contribution >= 4 is 33.2 Å². The Morgan fingerprint density at radius 2 is 2.47 bits per heavy atom. The number of halogens is 1. The Morgan fingerprint density at radius 3 is 3.00 bits per heavy atom. The highest BCUT2D eigenvalue weighted by Gasteiger charge is 2.10. The summed E-state index contributed by atoms with van der Waals surface area (Å²) in [7, 11) is 0. The van der Waals surface area contributed by atoms with Gasteiger partial charge in [0.25, 0.3) is 0 Å². The van der Waals surface area contributed by atoms with E-state index in [1.54, 1.807) is 11.3 Å². The Labute approximate surface area is 101 Å². The van der Waals surface area contributed by atoms with Crippen LogP contribution in [0.5, 0.6) is 0 Å². The minimum Gasteiger partial charge on any atom is -0.394 e. The van der Waals surface area contributed by atoms with Crippen molar-refractivity contribution < 1.29 is 9.90 Å². The molecule has 1 aromatic rings. The molecule has 1 atom stereocenters. The molecule has 4 nitrogen and oxygen atoms in total. The number of aliphatic hydroxyl groups is 1. The number of hydrogen-bond acceptors (Lipinski definition) is 4. The molecule has 1 amide bonds. The van der Waals surface area contributed by atoms with E-state index in [-0.39, 0.29) is 12.5 Å². The molecule has 0 aliphatic heterocycles. The molecule has 15 heavy (non-hydrogen) atoms. The van der Waals surface area contributed by atoms with E-state index in [9.17, 15) is 4.79 Å². The number of carbonyl (C=O) groups is 1. The summed E-state index contributed by atoms with van der Waals surface area (Å²) in [5.41, 5.74) is 5.33. The number of hydrogen-bond donors (Lipinski definition) is 3. The van der Waals surface area contributed by atoms with Gasteiger partial charge in [0.1, 0.15) is 6.04 Å². The van der Waals surface area contributed by atoms with Crippen molar-refractivity contribution in [1.29, 1.82) is 0 Å². The maximum atomic E-state index is 11.2. The second-order valence-electron chi connectivity index (χ2n) is 3.06. The topological polar surface area (TPSA) is 75.3 Å². The van der Waals surface area contributed by atoms with Crippen molar-refractivity contribution in [2.45, 2.75) is 12.5 Å². The fourth-order valence-corrected chi connectivity index (χ4v) is 2.46. The molecule has 1 heterocycles. The molecule has 84 valence electrons. The van der Waals surface area contributed by atoms with Crippen LogP contribution in [0, 0.1) is 0 Å². The van der Waals surface area contributed by atoms with E-state index in [2.05, 4.69) is 21.2 Å². The molecular weight excluding hydrogens is 280 g/mol. The smallest absolute Gasteiger partial charge is 0.239 e. The van der Waals surface area contributed by atoms with Gasteiger partial charge in [0.2, 0.25) is 5.91 Å². The maximum absolute atomic E-state index is 11.2. The van der Waals surface area contributed by atoms with E-state index >= 15 is 0 Å². The lowest BCUT2D eigenvalue weighted by Gasteiger charge is -2.08. The Kier molecular flexibility index (Phi) is 5.24. The summed E-state index contributed by atoms with van der Waals surface area (Å²) in [5.74, 6) is -0.312. The van der Waals surface area contributed by atoms with E-state index in [0.717, 1.165) is 10.9 Å². The zero-order chi connectivity index (χ0) is 11.3. The minimum absolute atomic E-state index is 0.312. The molecule has 6 heteroatoms. The molecule has 4 N–H and O–H groups in total. The molecule has 1 unspecified atom stereocenters. The van der Waals surface area contributed by atoms with Crippen LogP contribution in [0.4, 0.5) is 0 Å². The van der Waals surface area contributed by atoms with Gasteiger partial charge in [-0.05, 0) is 28.4 Å². The Bertz CT molecular complexity index is 330. The van der Waals surface area contributed by atoms with Gasteiger partial charge in [-0.25, -0.2) is 0 Å². The maximum Gasteiger partial charge on any atom is 0.239 e. The largest absolute Gasteiger partial charge is 0.394 e. The third-order valence-electron chi connectivity index (χ3n) is 1.83. The molecule has 0 aliphatic rings. The fourth-order valence-electron chi connectivity index (χ4n) is 1.01. The standard InChI is InChI=1S/C9H13BrN2O2S/c10-6-3-7(15-5-6)1-2-12-9(14)8(11)4-13/h3,5,8,13H,1-2,4,11H2,(H,12,14). The summed E-state index contributed by atoms with van der Waals surface area (Å²) < 4.78 is 1.06. The number of thiophene rings is 1. The monoisotopic (exact) mass is 292 g/mol. The van der Waals surface area contributed by atoms with Gasteiger partial charge in [-0.15, -0.1) is 11.3 Å². The van der Waals surface area contributed by atoms with E-state index in [0.29, 0.717) is 6.54 Å². The number of amides is 1. The summed E-state index contributed by atoms with van der Waals surface area (Å²) in [6.07, 6.45) is 0.778.